The van der Waals surface area contributed by atoms with E-state index in [2.05, 4.69) is 10.6 Å². The second-order valence-electron chi connectivity index (χ2n) is 5.47. The summed E-state index contributed by atoms with van der Waals surface area (Å²) < 4.78 is 5.20. The van der Waals surface area contributed by atoms with Gasteiger partial charge in [-0.15, -0.1) is 0 Å². The van der Waals surface area contributed by atoms with Crippen LogP contribution in [-0.4, -0.2) is 18.0 Å². The van der Waals surface area contributed by atoms with E-state index in [4.69, 9.17) is 17.0 Å². The molecule has 2 aromatic rings. The molecule has 0 fully saturated rings. The molecular formula is C18H14N2O2S. The van der Waals surface area contributed by atoms with Crippen LogP contribution in [0.2, 0.25) is 0 Å². The third kappa shape index (κ3) is 2.12. The summed E-state index contributed by atoms with van der Waals surface area (Å²) in [5.41, 5.74) is 4.13. The van der Waals surface area contributed by atoms with Crippen LogP contribution in [0.4, 0.5) is 0 Å². The van der Waals surface area contributed by atoms with E-state index in [1.165, 1.54) is 0 Å². The minimum Gasteiger partial charge on any atom is -0.497 e. The number of carbonyl (C=O) groups excluding carboxylic acids is 1. The van der Waals surface area contributed by atoms with Gasteiger partial charge >= 0.3 is 0 Å². The first-order valence-corrected chi connectivity index (χ1v) is 7.69. The van der Waals surface area contributed by atoms with Crippen molar-refractivity contribution in [1.29, 1.82) is 0 Å². The molecule has 4 rings (SSSR count). The van der Waals surface area contributed by atoms with Gasteiger partial charge in [0.1, 0.15) is 5.75 Å². The van der Waals surface area contributed by atoms with E-state index in [0.717, 1.165) is 28.1 Å². The molecule has 0 bridgehead atoms. The quantitative estimate of drug-likeness (QED) is 0.833. The van der Waals surface area contributed by atoms with E-state index in [1.807, 2.05) is 48.5 Å². The Morgan fingerprint density at radius 1 is 1.04 bits per heavy atom. The Labute approximate surface area is 139 Å². The second kappa shape index (κ2) is 5.21. The first-order chi connectivity index (χ1) is 11.2. The third-order valence-corrected chi connectivity index (χ3v) is 4.43. The maximum Gasteiger partial charge on any atom is 0.194 e. The highest BCUT2D eigenvalue weighted by Crippen LogP contribution is 2.40. The lowest BCUT2D eigenvalue weighted by Gasteiger charge is -2.28. The number of hydrogen-bond acceptors (Lipinski definition) is 3. The lowest BCUT2D eigenvalue weighted by molar-refractivity contribution is 0.103. The van der Waals surface area contributed by atoms with Gasteiger partial charge < -0.3 is 15.4 Å². The molecule has 4 nitrogen and oxygen atoms in total. The highest BCUT2D eigenvalue weighted by Gasteiger charge is 2.38. The third-order valence-electron chi connectivity index (χ3n) is 4.21. The molecule has 0 radical (unpaired) electrons. The SMILES string of the molecule is COc1ccc(C2NC(=S)NC3=C2C(=O)c2ccccc23)cc1. The summed E-state index contributed by atoms with van der Waals surface area (Å²) in [6, 6.07) is 15.0. The van der Waals surface area contributed by atoms with Gasteiger partial charge in [0.05, 0.1) is 24.4 Å². The van der Waals surface area contributed by atoms with Crippen LogP contribution in [0.15, 0.2) is 54.1 Å². The van der Waals surface area contributed by atoms with Crippen LogP contribution in [0.3, 0.4) is 0 Å². The number of hydrogen-bond donors (Lipinski definition) is 2. The molecule has 0 spiro atoms. The number of benzene rings is 2. The fourth-order valence-corrected chi connectivity index (χ4v) is 3.33. The van der Waals surface area contributed by atoms with Crippen LogP contribution in [-0.2, 0) is 0 Å². The van der Waals surface area contributed by atoms with Gasteiger partial charge in [-0.3, -0.25) is 4.79 Å². The van der Waals surface area contributed by atoms with Crippen LogP contribution in [0, 0.1) is 0 Å². The highest BCUT2D eigenvalue weighted by atomic mass is 32.1. The smallest absolute Gasteiger partial charge is 0.194 e. The molecule has 1 heterocycles. The number of carbonyl (C=O) groups is 1. The van der Waals surface area contributed by atoms with Crippen molar-refractivity contribution in [2.45, 2.75) is 6.04 Å². The molecule has 0 saturated carbocycles. The lowest BCUT2D eigenvalue weighted by Crippen LogP contribution is -2.43. The molecule has 0 saturated heterocycles. The lowest BCUT2D eigenvalue weighted by atomic mass is 9.94. The molecule has 1 aliphatic carbocycles. The molecule has 23 heavy (non-hydrogen) atoms. The minimum atomic E-state index is -0.260. The molecule has 2 aromatic carbocycles. The van der Waals surface area contributed by atoms with Crippen LogP contribution < -0.4 is 15.4 Å². The maximum atomic E-state index is 12.8. The molecule has 1 aliphatic heterocycles. The Bertz CT molecular complexity index is 856. The first kappa shape index (κ1) is 14.0. The number of methoxy groups -OCH3 is 1. The highest BCUT2D eigenvalue weighted by molar-refractivity contribution is 7.80. The van der Waals surface area contributed by atoms with E-state index < -0.39 is 0 Å². The van der Waals surface area contributed by atoms with Crippen molar-refractivity contribution in [1.82, 2.24) is 10.6 Å². The van der Waals surface area contributed by atoms with Crippen LogP contribution in [0.25, 0.3) is 5.70 Å². The summed E-state index contributed by atoms with van der Waals surface area (Å²) in [6.07, 6.45) is 0. The summed E-state index contributed by atoms with van der Waals surface area (Å²) in [7, 11) is 1.63. The normalized spacial score (nSPS) is 18.9. The number of rotatable bonds is 2. The predicted molar refractivity (Wildman–Crippen MR) is 92.3 cm³/mol. The zero-order valence-corrected chi connectivity index (χ0v) is 13.2. The molecule has 1 unspecified atom stereocenters. The molecule has 0 aromatic heterocycles. The van der Waals surface area contributed by atoms with Gasteiger partial charge in [-0.05, 0) is 29.9 Å². The van der Waals surface area contributed by atoms with E-state index in [9.17, 15) is 4.79 Å². The number of ketones is 1. The van der Waals surface area contributed by atoms with Crippen molar-refractivity contribution in [3.63, 3.8) is 0 Å². The monoisotopic (exact) mass is 322 g/mol. The van der Waals surface area contributed by atoms with Gasteiger partial charge in [0, 0.05) is 11.1 Å². The van der Waals surface area contributed by atoms with Gasteiger partial charge in [0.15, 0.2) is 10.9 Å². The van der Waals surface area contributed by atoms with Crippen LogP contribution >= 0.6 is 12.2 Å². The van der Waals surface area contributed by atoms with Crippen LogP contribution in [0.1, 0.15) is 27.5 Å². The van der Waals surface area contributed by atoms with Crippen molar-refractivity contribution in [3.8, 4) is 5.75 Å². The van der Waals surface area contributed by atoms with E-state index >= 15 is 0 Å². The molecule has 0 amide bonds. The van der Waals surface area contributed by atoms with Gasteiger partial charge in [0.25, 0.3) is 0 Å². The summed E-state index contributed by atoms with van der Waals surface area (Å²) >= 11 is 5.33. The summed E-state index contributed by atoms with van der Waals surface area (Å²) in [4.78, 5) is 12.8. The summed E-state index contributed by atoms with van der Waals surface area (Å²) in [5, 5.41) is 6.87. The number of ether oxygens (including phenoxy) is 1. The Morgan fingerprint density at radius 2 is 1.74 bits per heavy atom. The predicted octanol–water partition coefficient (Wildman–Crippen LogP) is 2.82. The van der Waals surface area contributed by atoms with Crippen molar-refractivity contribution >= 4 is 28.8 Å². The average Bonchev–Trinajstić information content (AvgIpc) is 2.87. The molecule has 114 valence electrons. The average molecular weight is 322 g/mol. The minimum absolute atomic E-state index is 0.0407. The standard InChI is InChI=1S/C18H14N2O2S/c1-22-11-8-6-10(7-9-11)15-14-16(20-18(23)19-15)12-4-2-3-5-13(12)17(14)21/h2-9,15H,1H3,(H2,19,20,23). The summed E-state index contributed by atoms with van der Waals surface area (Å²) in [5.74, 6) is 0.819. The van der Waals surface area contributed by atoms with Crippen LogP contribution in [0.5, 0.6) is 5.75 Å². The maximum absolute atomic E-state index is 12.8. The second-order valence-corrected chi connectivity index (χ2v) is 5.88. The van der Waals surface area contributed by atoms with Gasteiger partial charge in [0.2, 0.25) is 0 Å². The molecule has 2 aliphatic rings. The number of nitrogens with one attached hydrogen (secondary N) is 2. The van der Waals surface area contributed by atoms with Gasteiger partial charge in [-0.25, -0.2) is 0 Å². The van der Waals surface area contributed by atoms with E-state index in [1.54, 1.807) is 7.11 Å². The number of Topliss-reactive ketones (excluding diaryl/α,β-unsaturated/α-hetero) is 1. The van der Waals surface area contributed by atoms with Crippen molar-refractivity contribution in [2.24, 2.45) is 0 Å². The van der Waals surface area contributed by atoms with Gasteiger partial charge in [-0.1, -0.05) is 36.4 Å². The topological polar surface area (TPSA) is 50.4 Å². The molecular weight excluding hydrogens is 308 g/mol. The van der Waals surface area contributed by atoms with Crippen molar-refractivity contribution in [2.75, 3.05) is 7.11 Å². The largest absolute Gasteiger partial charge is 0.497 e. The van der Waals surface area contributed by atoms with Crippen molar-refractivity contribution in [3.05, 3.63) is 70.8 Å². The zero-order chi connectivity index (χ0) is 16.0. The Balaban J connectivity index is 1.84. The first-order valence-electron chi connectivity index (χ1n) is 7.29. The van der Waals surface area contributed by atoms with E-state index in [0.29, 0.717) is 10.7 Å². The fourth-order valence-electron chi connectivity index (χ4n) is 3.11. The number of thiocarbonyl (C=S) groups is 1. The van der Waals surface area contributed by atoms with E-state index in [-0.39, 0.29) is 11.8 Å². The molecule has 2 N–H and O–H groups in total. The number of fused-ring (bicyclic) bond motifs is 2. The van der Waals surface area contributed by atoms with Crippen molar-refractivity contribution < 1.29 is 9.53 Å². The fraction of sp³-hybridized carbons (Fsp3) is 0.111. The van der Waals surface area contributed by atoms with Gasteiger partial charge in [-0.2, -0.15) is 0 Å². The molecule has 1 atom stereocenters. The zero-order valence-electron chi connectivity index (χ0n) is 12.4. The Morgan fingerprint density at radius 3 is 2.43 bits per heavy atom. The summed E-state index contributed by atoms with van der Waals surface area (Å²) in [6.45, 7) is 0. The molecule has 5 heteroatoms. The Kier molecular flexibility index (Phi) is 3.16. The Hall–Kier alpha value is -2.66.